The number of carbonyl (C=O) groups is 1. The Hall–Kier alpha value is -1.40. The van der Waals surface area contributed by atoms with Crippen molar-refractivity contribution in [2.45, 2.75) is 45.1 Å². The SMILES string of the molecule is O=C(OCc1ccccc1)N1CCC(CCS(=O)N2CCCCC2)CC1. The van der Waals surface area contributed by atoms with E-state index in [2.05, 4.69) is 4.31 Å². The number of ether oxygens (including phenoxy) is 1. The van der Waals surface area contributed by atoms with Crippen molar-refractivity contribution in [2.75, 3.05) is 31.9 Å². The highest BCUT2D eigenvalue weighted by Gasteiger charge is 2.25. The predicted molar refractivity (Wildman–Crippen MR) is 104 cm³/mol. The number of likely N-dealkylation sites (tertiary alicyclic amines) is 1. The Balaban J connectivity index is 1.33. The summed E-state index contributed by atoms with van der Waals surface area (Å²) in [6, 6.07) is 9.77. The van der Waals surface area contributed by atoms with Crippen LogP contribution in [0, 0.1) is 5.92 Å². The summed E-state index contributed by atoms with van der Waals surface area (Å²) in [7, 11) is -0.822. The van der Waals surface area contributed by atoms with E-state index in [1.54, 1.807) is 4.90 Å². The van der Waals surface area contributed by atoms with Crippen LogP contribution in [0.4, 0.5) is 4.79 Å². The Morgan fingerprint density at radius 3 is 2.42 bits per heavy atom. The predicted octanol–water partition coefficient (Wildman–Crippen LogP) is 3.57. The molecule has 1 aromatic rings. The van der Waals surface area contributed by atoms with Crippen LogP contribution < -0.4 is 0 Å². The van der Waals surface area contributed by atoms with Crippen LogP contribution in [0.3, 0.4) is 0 Å². The fourth-order valence-electron chi connectivity index (χ4n) is 3.68. The minimum Gasteiger partial charge on any atom is -0.445 e. The average molecular weight is 379 g/mol. The van der Waals surface area contributed by atoms with Crippen molar-refractivity contribution in [1.29, 1.82) is 0 Å². The smallest absolute Gasteiger partial charge is 0.410 e. The summed E-state index contributed by atoms with van der Waals surface area (Å²) in [6.45, 7) is 3.79. The van der Waals surface area contributed by atoms with Crippen molar-refractivity contribution in [3.63, 3.8) is 0 Å². The van der Waals surface area contributed by atoms with Gasteiger partial charge in [0.15, 0.2) is 0 Å². The zero-order chi connectivity index (χ0) is 18.2. The number of nitrogens with zero attached hydrogens (tertiary/aromatic N) is 2. The molecule has 5 nitrogen and oxygen atoms in total. The van der Waals surface area contributed by atoms with E-state index < -0.39 is 11.0 Å². The summed E-state index contributed by atoms with van der Waals surface area (Å²) in [5.41, 5.74) is 1.01. The Morgan fingerprint density at radius 1 is 1.04 bits per heavy atom. The minimum absolute atomic E-state index is 0.218. The van der Waals surface area contributed by atoms with Crippen molar-refractivity contribution < 1.29 is 13.7 Å². The van der Waals surface area contributed by atoms with Gasteiger partial charge in [-0.05, 0) is 43.6 Å². The third-order valence-corrected chi connectivity index (χ3v) is 6.91. The summed E-state index contributed by atoms with van der Waals surface area (Å²) in [4.78, 5) is 14.0. The molecule has 1 aromatic carbocycles. The maximum absolute atomic E-state index is 12.4. The molecule has 1 amide bonds. The topological polar surface area (TPSA) is 49.9 Å². The molecule has 0 bridgehead atoms. The third-order valence-electron chi connectivity index (χ3n) is 5.38. The molecule has 0 aromatic heterocycles. The second-order valence-electron chi connectivity index (χ2n) is 7.27. The summed E-state index contributed by atoms with van der Waals surface area (Å²) < 4.78 is 19.9. The van der Waals surface area contributed by atoms with E-state index in [9.17, 15) is 9.00 Å². The molecule has 0 spiro atoms. The van der Waals surface area contributed by atoms with Gasteiger partial charge in [0.1, 0.15) is 6.61 Å². The van der Waals surface area contributed by atoms with E-state index in [1.807, 2.05) is 30.3 Å². The lowest BCUT2D eigenvalue weighted by Gasteiger charge is -2.32. The quantitative estimate of drug-likeness (QED) is 0.760. The van der Waals surface area contributed by atoms with Crippen LogP contribution in [0.1, 0.15) is 44.1 Å². The molecule has 2 heterocycles. The lowest BCUT2D eigenvalue weighted by molar-refractivity contribution is 0.0820. The van der Waals surface area contributed by atoms with Crippen LogP contribution in [0.25, 0.3) is 0 Å². The van der Waals surface area contributed by atoms with Gasteiger partial charge in [0.25, 0.3) is 0 Å². The first-order valence-electron chi connectivity index (χ1n) is 9.81. The highest BCUT2D eigenvalue weighted by molar-refractivity contribution is 7.82. The van der Waals surface area contributed by atoms with Crippen LogP contribution in [0.2, 0.25) is 0 Å². The molecule has 2 aliphatic rings. The lowest BCUT2D eigenvalue weighted by Crippen LogP contribution is -2.39. The second-order valence-corrected chi connectivity index (χ2v) is 8.84. The molecule has 6 heteroatoms. The number of amides is 1. The van der Waals surface area contributed by atoms with Gasteiger partial charge in [0, 0.05) is 31.9 Å². The summed E-state index contributed by atoms with van der Waals surface area (Å²) in [6.07, 6.45) is 6.37. The van der Waals surface area contributed by atoms with Crippen LogP contribution in [0.15, 0.2) is 30.3 Å². The second kappa shape index (κ2) is 10.1. The maximum Gasteiger partial charge on any atom is 0.410 e. The van der Waals surface area contributed by atoms with Crippen molar-refractivity contribution in [3.05, 3.63) is 35.9 Å². The summed E-state index contributed by atoms with van der Waals surface area (Å²) in [5.74, 6) is 1.34. The first kappa shape index (κ1) is 19.4. The number of rotatable bonds is 6. The molecule has 2 fully saturated rings. The molecule has 3 rings (SSSR count). The van der Waals surface area contributed by atoms with Crippen molar-refractivity contribution in [2.24, 2.45) is 5.92 Å². The van der Waals surface area contributed by atoms with Gasteiger partial charge in [-0.1, -0.05) is 36.8 Å². The Morgan fingerprint density at radius 2 is 1.73 bits per heavy atom. The third kappa shape index (κ3) is 5.81. The lowest BCUT2D eigenvalue weighted by atomic mass is 9.95. The molecular weight excluding hydrogens is 348 g/mol. The molecule has 26 heavy (non-hydrogen) atoms. The molecule has 144 valence electrons. The van der Waals surface area contributed by atoms with Gasteiger partial charge in [0.05, 0.1) is 11.0 Å². The monoisotopic (exact) mass is 378 g/mol. The zero-order valence-corrected chi connectivity index (χ0v) is 16.3. The fourth-order valence-corrected chi connectivity index (χ4v) is 5.14. The normalized spacial score (nSPS) is 20.7. The van der Waals surface area contributed by atoms with Crippen molar-refractivity contribution >= 4 is 17.1 Å². The number of piperidine rings is 2. The van der Waals surface area contributed by atoms with E-state index in [0.717, 1.165) is 56.8 Å². The Labute approximate surface area is 159 Å². The fraction of sp³-hybridized carbons (Fsp3) is 0.650. The molecule has 0 radical (unpaired) electrons. The highest BCUT2D eigenvalue weighted by atomic mass is 32.2. The van der Waals surface area contributed by atoms with Gasteiger partial charge in [-0.3, -0.25) is 0 Å². The molecule has 0 saturated carbocycles. The first-order valence-corrected chi connectivity index (χ1v) is 11.1. The Kier molecular flexibility index (Phi) is 7.50. The van der Waals surface area contributed by atoms with Crippen LogP contribution >= 0.6 is 0 Å². The van der Waals surface area contributed by atoms with Crippen LogP contribution in [-0.4, -0.2) is 51.4 Å². The van der Waals surface area contributed by atoms with E-state index in [0.29, 0.717) is 12.5 Å². The van der Waals surface area contributed by atoms with Gasteiger partial charge >= 0.3 is 6.09 Å². The number of benzene rings is 1. The molecule has 0 aliphatic carbocycles. The summed E-state index contributed by atoms with van der Waals surface area (Å²) in [5, 5.41) is 0. The first-order chi connectivity index (χ1) is 12.7. The molecule has 2 aliphatic heterocycles. The number of carbonyl (C=O) groups excluding carboxylic acids is 1. The van der Waals surface area contributed by atoms with Gasteiger partial charge in [-0.25, -0.2) is 13.3 Å². The van der Waals surface area contributed by atoms with Gasteiger partial charge < -0.3 is 9.64 Å². The maximum atomic E-state index is 12.4. The standard InChI is InChI=1S/C20H30N2O3S/c23-20(25-17-19-7-3-1-4-8-19)21-14-9-18(10-15-21)11-16-26(24)22-12-5-2-6-13-22/h1,3-4,7-8,18H,2,5-6,9-17H2. The number of hydrogen-bond acceptors (Lipinski definition) is 3. The molecule has 1 unspecified atom stereocenters. The molecule has 1 atom stereocenters. The van der Waals surface area contributed by atoms with Crippen molar-refractivity contribution in [1.82, 2.24) is 9.21 Å². The van der Waals surface area contributed by atoms with Gasteiger partial charge in [-0.15, -0.1) is 0 Å². The molecule has 0 N–H and O–H groups in total. The molecule has 2 saturated heterocycles. The minimum atomic E-state index is -0.822. The van der Waals surface area contributed by atoms with Gasteiger partial charge in [0.2, 0.25) is 0 Å². The zero-order valence-electron chi connectivity index (χ0n) is 15.5. The Bertz CT molecular complexity index is 582. The van der Waals surface area contributed by atoms with E-state index in [-0.39, 0.29) is 6.09 Å². The van der Waals surface area contributed by atoms with Gasteiger partial charge in [-0.2, -0.15) is 0 Å². The van der Waals surface area contributed by atoms with E-state index in [4.69, 9.17) is 4.74 Å². The van der Waals surface area contributed by atoms with Crippen LogP contribution in [0.5, 0.6) is 0 Å². The largest absolute Gasteiger partial charge is 0.445 e. The summed E-state index contributed by atoms with van der Waals surface area (Å²) >= 11 is 0. The van der Waals surface area contributed by atoms with Crippen molar-refractivity contribution in [3.8, 4) is 0 Å². The highest BCUT2D eigenvalue weighted by Crippen LogP contribution is 2.22. The van der Waals surface area contributed by atoms with E-state index in [1.165, 1.54) is 19.3 Å². The molecular formula is C20H30N2O3S. The van der Waals surface area contributed by atoms with Crippen LogP contribution in [-0.2, 0) is 22.3 Å². The average Bonchev–Trinajstić information content (AvgIpc) is 2.72. The van der Waals surface area contributed by atoms with E-state index >= 15 is 0 Å². The number of hydrogen-bond donors (Lipinski definition) is 0.